The van der Waals surface area contributed by atoms with Gasteiger partial charge in [0.05, 0.1) is 10.2 Å². The van der Waals surface area contributed by atoms with Crippen LogP contribution in [0.3, 0.4) is 0 Å². The summed E-state index contributed by atoms with van der Waals surface area (Å²) in [5.41, 5.74) is 2.49. The van der Waals surface area contributed by atoms with Crippen molar-refractivity contribution in [3.05, 3.63) is 70.1 Å². The van der Waals surface area contributed by atoms with Crippen LogP contribution in [0.15, 0.2) is 59.0 Å². The summed E-state index contributed by atoms with van der Waals surface area (Å²) < 4.78 is 4.02. The van der Waals surface area contributed by atoms with Crippen molar-refractivity contribution in [2.75, 3.05) is 0 Å². The zero-order valence-corrected chi connectivity index (χ0v) is 15.8. The van der Waals surface area contributed by atoms with E-state index in [4.69, 9.17) is 0 Å². The Hall–Kier alpha value is -2.93. The number of hydrogen-bond acceptors (Lipinski definition) is 4. The lowest BCUT2D eigenvalue weighted by Gasteiger charge is -2.14. The molecule has 0 unspecified atom stereocenters. The molecule has 0 saturated carbocycles. The normalized spacial score (nSPS) is 12.5. The number of fused-ring (bicyclic) bond motifs is 3. The van der Waals surface area contributed by atoms with Crippen molar-refractivity contribution in [3.63, 3.8) is 0 Å². The number of amides is 1. The number of rotatable bonds is 6. The van der Waals surface area contributed by atoms with E-state index in [1.54, 1.807) is 22.1 Å². The number of hydrogen-bond donors (Lipinski definition) is 1. The van der Waals surface area contributed by atoms with Crippen LogP contribution in [-0.2, 0) is 17.8 Å². The van der Waals surface area contributed by atoms with Crippen LogP contribution in [0, 0.1) is 0 Å². The van der Waals surface area contributed by atoms with Crippen molar-refractivity contribution in [2.45, 2.75) is 32.4 Å². The summed E-state index contributed by atoms with van der Waals surface area (Å²) in [4.78, 5) is 25.0. The van der Waals surface area contributed by atoms with Gasteiger partial charge in [0.25, 0.3) is 5.56 Å². The molecule has 3 aromatic heterocycles. The van der Waals surface area contributed by atoms with Crippen LogP contribution in [0.4, 0.5) is 0 Å². The Kier molecular flexibility index (Phi) is 4.77. The third-order valence-corrected chi connectivity index (χ3v) is 5.48. The molecule has 1 amide bonds. The molecule has 7 heteroatoms. The Morgan fingerprint density at radius 1 is 1.22 bits per heavy atom. The van der Waals surface area contributed by atoms with Crippen molar-refractivity contribution < 1.29 is 4.79 Å². The lowest BCUT2D eigenvalue weighted by atomic mass is 10.1. The number of thiophene rings is 1. The maximum atomic E-state index is 12.6. The molecule has 0 aliphatic heterocycles. The summed E-state index contributed by atoms with van der Waals surface area (Å²) in [6, 6.07) is 14.0. The predicted octanol–water partition coefficient (Wildman–Crippen LogP) is 2.85. The first-order valence-corrected chi connectivity index (χ1v) is 9.77. The zero-order valence-electron chi connectivity index (χ0n) is 15.0. The van der Waals surface area contributed by atoms with Gasteiger partial charge in [-0.25, -0.2) is 4.68 Å². The van der Waals surface area contributed by atoms with Gasteiger partial charge < -0.3 is 5.32 Å². The molecule has 1 aromatic carbocycles. The molecule has 1 N–H and O–H groups in total. The summed E-state index contributed by atoms with van der Waals surface area (Å²) >= 11 is 1.58. The first-order valence-electron chi connectivity index (χ1n) is 8.89. The molecule has 4 rings (SSSR count). The van der Waals surface area contributed by atoms with Crippen LogP contribution in [-0.4, -0.2) is 26.1 Å². The maximum Gasteiger partial charge on any atom is 0.291 e. The summed E-state index contributed by atoms with van der Waals surface area (Å²) in [6.07, 6.45) is 3.33. The number of carbonyl (C=O) groups excluding carboxylic acids is 1. The topological polar surface area (TPSA) is 68.4 Å². The number of carbonyl (C=O) groups is 1. The van der Waals surface area contributed by atoms with Gasteiger partial charge in [-0.2, -0.15) is 5.10 Å². The Morgan fingerprint density at radius 2 is 2.04 bits per heavy atom. The highest BCUT2D eigenvalue weighted by atomic mass is 32.1. The lowest BCUT2D eigenvalue weighted by molar-refractivity contribution is -0.122. The van der Waals surface area contributed by atoms with Crippen LogP contribution in [0.1, 0.15) is 18.9 Å². The first-order chi connectivity index (χ1) is 13.1. The van der Waals surface area contributed by atoms with Crippen LogP contribution in [0.2, 0.25) is 0 Å². The molecule has 0 spiro atoms. The van der Waals surface area contributed by atoms with Crippen LogP contribution in [0.5, 0.6) is 0 Å². The fourth-order valence-corrected chi connectivity index (χ4v) is 4.01. The van der Waals surface area contributed by atoms with Gasteiger partial charge >= 0.3 is 0 Å². The molecule has 0 saturated heterocycles. The minimum Gasteiger partial charge on any atom is -0.352 e. The molecule has 0 bridgehead atoms. The summed E-state index contributed by atoms with van der Waals surface area (Å²) in [7, 11) is 0. The minimum absolute atomic E-state index is 0.0239. The lowest BCUT2D eigenvalue weighted by Crippen LogP contribution is -2.38. The van der Waals surface area contributed by atoms with E-state index < -0.39 is 0 Å². The van der Waals surface area contributed by atoms with E-state index in [9.17, 15) is 9.59 Å². The van der Waals surface area contributed by atoms with Gasteiger partial charge in [0.15, 0.2) is 0 Å². The van der Waals surface area contributed by atoms with E-state index >= 15 is 0 Å². The molecule has 3 heterocycles. The molecule has 0 aliphatic rings. The quantitative estimate of drug-likeness (QED) is 0.559. The average molecular weight is 380 g/mol. The SMILES string of the molecule is C[C@H](CCc1ccccc1)NC(=O)Cn1ncn2c(cc3sccc32)c1=O. The van der Waals surface area contributed by atoms with Crippen LogP contribution in [0.25, 0.3) is 15.7 Å². The van der Waals surface area contributed by atoms with Gasteiger partial charge in [0, 0.05) is 6.04 Å². The smallest absolute Gasteiger partial charge is 0.291 e. The highest BCUT2D eigenvalue weighted by Gasteiger charge is 2.13. The summed E-state index contributed by atoms with van der Waals surface area (Å²) in [6.45, 7) is 1.89. The number of aryl methyl sites for hydroxylation is 1. The second kappa shape index (κ2) is 7.36. The van der Waals surface area contributed by atoms with Gasteiger partial charge in [-0.3, -0.25) is 14.0 Å². The van der Waals surface area contributed by atoms with E-state index in [0.717, 1.165) is 23.1 Å². The van der Waals surface area contributed by atoms with Crippen molar-refractivity contribution >= 4 is 33.0 Å². The van der Waals surface area contributed by atoms with E-state index in [1.165, 1.54) is 10.2 Å². The molecular formula is C20H20N4O2S. The van der Waals surface area contributed by atoms with Crippen LogP contribution < -0.4 is 10.9 Å². The molecule has 0 aliphatic carbocycles. The number of aromatic nitrogens is 3. The van der Waals surface area contributed by atoms with Gasteiger partial charge in [-0.1, -0.05) is 30.3 Å². The number of benzene rings is 1. The average Bonchev–Trinajstić information content (AvgIpc) is 3.25. The van der Waals surface area contributed by atoms with Gasteiger partial charge in [0.2, 0.25) is 5.91 Å². The summed E-state index contributed by atoms with van der Waals surface area (Å²) in [5, 5.41) is 9.09. The van der Waals surface area contributed by atoms with Crippen molar-refractivity contribution in [1.82, 2.24) is 19.5 Å². The summed E-state index contributed by atoms with van der Waals surface area (Å²) in [5.74, 6) is -0.206. The predicted molar refractivity (Wildman–Crippen MR) is 107 cm³/mol. The fourth-order valence-electron chi connectivity index (χ4n) is 3.20. The third-order valence-electron chi connectivity index (χ3n) is 4.63. The molecule has 0 fully saturated rings. The van der Waals surface area contributed by atoms with Gasteiger partial charge in [0.1, 0.15) is 18.4 Å². The molecule has 4 aromatic rings. The van der Waals surface area contributed by atoms with E-state index in [2.05, 4.69) is 22.5 Å². The zero-order chi connectivity index (χ0) is 18.8. The Balaban J connectivity index is 1.41. The molecule has 27 heavy (non-hydrogen) atoms. The second-order valence-corrected chi connectivity index (χ2v) is 7.60. The highest BCUT2D eigenvalue weighted by Crippen LogP contribution is 2.23. The second-order valence-electron chi connectivity index (χ2n) is 6.66. The Bertz CT molecular complexity index is 1140. The van der Waals surface area contributed by atoms with Crippen LogP contribution >= 0.6 is 11.3 Å². The highest BCUT2D eigenvalue weighted by molar-refractivity contribution is 7.17. The largest absolute Gasteiger partial charge is 0.352 e. The van der Waals surface area contributed by atoms with E-state index in [1.807, 2.05) is 42.6 Å². The standard InChI is InChI=1S/C20H20N4O2S/c1-14(7-8-15-5-3-2-4-6-15)22-19(25)12-24-20(26)17-11-18-16(9-10-27-18)23(17)13-21-24/h2-6,9-11,13-14H,7-8,12H2,1H3,(H,22,25)/t14-/m1/s1. The third kappa shape index (κ3) is 3.64. The molecule has 138 valence electrons. The van der Waals surface area contributed by atoms with Gasteiger partial charge in [-0.15, -0.1) is 11.3 Å². The van der Waals surface area contributed by atoms with Gasteiger partial charge in [-0.05, 0) is 42.8 Å². The molecule has 0 radical (unpaired) electrons. The fraction of sp³-hybridized carbons (Fsp3) is 0.250. The first kappa shape index (κ1) is 17.5. The van der Waals surface area contributed by atoms with E-state index in [0.29, 0.717) is 5.52 Å². The Labute approximate surface area is 160 Å². The Morgan fingerprint density at radius 3 is 2.85 bits per heavy atom. The minimum atomic E-state index is -0.256. The molecular weight excluding hydrogens is 360 g/mol. The van der Waals surface area contributed by atoms with Crippen molar-refractivity contribution in [2.24, 2.45) is 0 Å². The number of nitrogens with one attached hydrogen (secondary N) is 1. The van der Waals surface area contributed by atoms with E-state index in [-0.39, 0.29) is 24.1 Å². The maximum absolute atomic E-state index is 12.6. The van der Waals surface area contributed by atoms with Crippen molar-refractivity contribution in [3.8, 4) is 0 Å². The number of nitrogens with zero attached hydrogens (tertiary/aromatic N) is 3. The molecule has 6 nitrogen and oxygen atoms in total. The molecule has 1 atom stereocenters. The monoisotopic (exact) mass is 380 g/mol. The van der Waals surface area contributed by atoms with Crippen molar-refractivity contribution in [1.29, 1.82) is 0 Å².